The van der Waals surface area contributed by atoms with Crippen molar-refractivity contribution in [2.45, 2.75) is 38.5 Å². The molecule has 1 rings (SSSR count). The number of aliphatic carboxylic acids is 1. The van der Waals surface area contributed by atoms with E-state index in [-0.39, 0.29) is 24.4 Å². The van der Waals surface area contributed by atoms with E-state index in [9.17, 15) is 9.59 Å². The first kappa shape index (κ1) is 15.8. The van der Waals surface area contributed by atoms with E-state index in [1.165, 1.54) is 0 Å². The molecule has 0 aromatic heterocycles. The van der Waals surface area contributed by atoms with Crippen LogP contribution in [0.1, 0.15) is 38.5 Å². The maximum atomic E-state index is 11.5. The summed E-state index contributed by atoms with van der Waals surface area (Å²) in [7, 11) is 0. The molecular formula is C13H21ClN2O3. The molecule has 0 bridgehead atoms. The van der Waals surface area contributed by atoms with Gasteiger partial charge in [0.25, 0.3) is 0 Å². The predicted octanol–water partition coefficient (Wildman–Crippen LogP) is 2.46. The molecule has 0 radical (unpaired) electrons. The molecule has 0 spiro atoms. The van der Waals surface area contributed by atoms with Crippen molar-refractivity contribution in [1.82, 2.24) is 10.6 Å². The molecule has 1 fully saturated rings. The highest BCUT2D eigenvalue weighted by Gasteiger charge is 2.34. The number of carboxylic acid groups (broad SMARTS) is 1. The second-order valence-electron chi connectivity index (χ2n) is 5.18. The molecule has 19 heavy (non-hydrogen) atoms. The Hall–Kier alpha value is -1.23. The summed E-state index contributed by atoms with van der Waals surface area (Å²) in [6.07, 6.45) is 4.99. The Morgan fingerprint density at radius 1 is 1.21 bits per heavy atom. The Morgan fingerprint density at radius 3 is 2.37 bits per heavy atom. The molecule has 0 saturated heterocycles. The van der Waals surface area contributed by atoms with Crippen LogP contribution in [-0.2, 0) is 4.79 Å². The number of halogens is 1. The lowest BCUT2D eigenvalue weighted by Crippen LogP contribution is -2.44. The van der Waals surface area contributed by atoms with Gasteiger partial charge in [0, 0.05) is 11.6 Å². The van der Waals surface area contributed by atoms with Crippen molar-refractivity contribution in [3.05, 3.63) is 11.6 Å². The number of hydrogen-bond donors (Lipinski definition) is 3. The molecule has 2 amide bonds. The summed E-state index contributed by atoms with van der Waals surface area (Å²) in [5, 5.41) is 14.7. The third kappa shape index (κ3) is 5.96. The topological polar surface area (TPSA) is 78.4 Å². The van der Waals surface area contributed by atoms with E-state index in [4.69, 9.17) is 16.7 Å². The highest BCUT2D eigenvalue weighted by molar-refractivity contribution is 6.29. The largest absolute Gasteiger partial charge is 0.481 e. The molecule has 3 N–H and O–H groups in total. The van der Waals surface area contributed by atoms with Gasteiger partial charge >= 0.3 is 12.0 Å². The van der Waals surface area contributed by atoms with Gasteiger partial charge in [0.1, 0.15) is 0 Å². The molecule has 0 unspecified atom stereocenters. The van der Waals surface area contributed by atoms with Crippen LogP contribution in [0.15, 0.2) is 11.6 Å². The fourth-order valence-electron chi connectivity index (χ4n) is 2.55. The third-order valence-electron chi connectivity index (χ3n) is 3.51. The Balaban J connectivity index is 2.46. The summed E-state index contributed by atoms with van der Waals surface area (Å²) in [5.74, 6) is -0.807. The zero-order chi connectivity index (χ0) is 14.3. The van der Waals surface area contributed by atoms with Gasteiger partial charge in [-0.15, -0.1) is 0 Å². The van der Waals surface area contributed by atoms with Crippen molar-refractivity contribution in [2.75, 3.05) is 13.1 Å². The molecule has 108 valence electrons. The van der Waals surface area contributed by atoms with E-state index in [0.717, 1.165) is 32.1 Å². The maximum Gasteiger partial charge on any atom is 0.315 e. The maximum absolute atomic E-state index is 11.5. The molecule has 0 aromatic carbocycles. The second kappa shape index (κ2) is 7.38. The number of carboxylic acids is 1. The summed E-state index contributed by atoms with van der Waals surface area (Å²) in [6, 6.07) is -0.336. The fraction of sp³-hybridized carbons (Fsp3) is 0.692. The minimum absolute atomic E-state index is 0.107. The predicted molar refractivity (Wildman–Crippen MR) is 74.2 cm³/mol. The van der Waals surface area contributed by atoms with Crippen molar-refractivity contribution < 1.29 is 14.7 Å². The van der Waals surface area contributed by atoms with Gasteiger partial charge in [0.15, 0.2) is 0 Å². The number of rotatable bonds is 6. The number of amides is 2. The zero-order valence-electron chi connectivity index (χ0n) is 11.0. The van der Waals surface area contributed by atoms with Crippen LogP contribution in [0.2, 0.25) is 0 Å². The minimum atomic E-state index is -0.807. The standard InChI is InChI=1S/C13H21ClN2O3/c1-10(14)8-15-12(19)16-9-13(7-11(17)18)5-3-2-4-6-13/h1-9H2,(H,17,18)(H2,15,16,19). The van der Waals surface area contributed by atoms with Crippen molar-refractivity contribution in [3.63, 3.8) is 0 Å². The van der Waals surface area contributed by atoms with Crippen LogP contribution >= 0.6 is 11.6 Å². The van der Waals surface area contributed by atoms with Crippen molar-refractivity contribution in [1.29, 1.82) is 0 Å². The number of hydrogen-bond acceptors (Lipinski definition) is 2. The lowest BCUT2D eigenvalue weighted by molar-refractivity contribution is -0.140. The van der Waals surface area contributed by atoms with Gasteiger partial charge < -0.3 is 15.7 Å². The normalized spacial score (nSPS) is 17.5. The Labute approximate surface area is 118 Å². The molecule has 5 nitrogen and oxygen atoms in total. The first-order valence-corrected chi connectivity index (χ1v) is 6.88. The van der Waals surface area contributed by atoms with E-state index < -0.39 is 5.97 Å². The lowest BCUT2D eigenvalue weighted by Gasteiger charge is -2.36. The smallest absolute Gasteiger partial charge is 0.315 e. The van der Waals surface area contributed by atoms with Crippen LogP contribution in [0.3, 0.4) is 0 Å². The number of nitrogens with one attached hydrogen (secondary N) is 2. The van der Waals surface area contributed by atoms with Crippen LogP contribution in [0.4, 0.5) is 4.79 Å². The zero-order valence-corrected chi connectivity index (χ0v) is 11.8. The quantitative estimate of drug-likeness (QED) is 0.702. The van der Waals surface area contributed by atoms with E-state index in [1.807, 2.05) is 0 Å². The van der Waals surface area contributed by atoms with Gasteiger partial charge in [0.2, 0.25) is 0 Å². The lowest BCUT2D eigenvalue weighted by atomic mass is 9.72. The average molecular weight is 289 g/mol. The molecule has 0 aromatic rings. The third-order valence-corrected chi connectivity index (χ3v) is 3.64. The molecule has 0 heterocycles. The molecular weight excluding hydrogens is 268 g/mol. The Bertz CT molecular complexity index is 352. The molecule has 1 saturated carbocycles. The SMILES string of the molecule is C=C(Cl)CNC(=O)NCC1(CC(=O)O)CCCCC1. The Morgan fingerprint density at radius 2 is 1.84 bits per heavy atom. The van der Waals surface area contributed by atoms with E-state index in [0.29, 0.717) is 11.6 Å². The van der Waals surface area contributed by atoms with Crippen molar-refractivity contribution in [3.8, 4) is 0 Å². The van der Waals surface area contributed by atoms with Crippen LogP contribution in [0, 0.1) is 5.41 Å². The van der Waals surface area contributed by atoms with Crippen molar-refractivity contribution in [2.24, 2.45) is 5.41 Å². The molecule has 0 aliphatic heterocycles. The molecule has 0 atom stereocenters. The average Bonchev–Trinajstić information content (AvgIpc) is 2.34. The van der Waals surface area contributed by atoms with Gasteiger partial charge in [-0.25, -0.2) is 4.79 Å². The number of urea groups is 1. The molecule has 1 aliphatic rings. The van der Waals surface area contributed by atoms with Gasteiger partial charge in [-0.1, -0.05) is 37.4 Å². The second-order valence-corrected chi connectivity index (χ2v) is 5.72. The van der Waals surface area contributed by atoms with Gasteiger partial charge in [-0.2, -0.15) is 0 Å². The minimum Gasteiger partial charge on any atom is -0.481 e. The first-order valence-electron chi connectivity index (χ1n) is 6.50. The first-order chi connectivity index (χ1) is 8.93. The van der Waals surface area contributed by atoms with E-state index in [2.05, 4.69) is 17.2 Å². The van der Waals surface area contributed by atoms with E-state index in [1.54, 1.807) is 0 Å². The van der Waals surface area contributed by atoms with Crippen LogP contribution < -0.4 is 10.6 Å². The van der Waals surface area contributed by atoms with Gasteiger partial charge in [-0.3, -0.25) is 4.79 Å². The van der Waals surface area contributed by atoms with Gasteiger partial charge in [-0.05, 0) is 18.3 Å². The monoisotopic (exact) mass is 288 g/mol. The molecule has 6 heteroatoms. The summed E-state index contributed by atoms with van der Waals surface area (Å²) >= 11 is 5.55. The summed E-state index contributed by atoms with van der Waals surface area (Å²) in [5.41, 5.74) is -0.306. The molecule has 1 aliphatic carbocycles. The summed E-state index contributed by atoms with van der Waals surface area (Å²) < 4.78 is 0. The van der Waals surface area contributed by atoms with Crippen molar-refractivity contribution >= 4 is 23.6 Å². The number of carbonyl (C=O) groups excluding carboxylic acids is 1. The van der Waals surface area contributed by atoms with Gasteiger partial charge in [0.05, 0.1) is 13.0 Å². The van der Waals surface area contributed by atoms with Crippen LogP contribution in [0.25, 0.3) is 0 Å². The highest BCUT2D eigenvalue weighted by Crippen LogP contribution is 2.38. The van der Waals surface area contributed by atoms with Crippen LogP contribution in [0.5, 0.6) is 0 Å². The van der Waals surface area contributed by atoms with Crippen LogP contribution in [-0.4, -0.2) is 30.2 Å². The summed E-state index contributed by atoms with van der Waals surface area (Å²) in [6.45, 7) is 4.07. The van der Waals surface area contributed by atoms with E-state index >= 15 is 0 Å². The number of carbonyl (C=O) groups is 2. The highest BCUT2D eigenvalue weighted by atomic mass is 35.5. The summed E-state index contributed by atoms with van der Waals surface area (Å²) in [4.78, 5) is 22.5. The fourth-order valence-corrected chi connectivity index (χ4v) is 2.61. The Kier molecular flexibility index (Phi) is 6.15.